The molecule has 0 rings (SSSR count). The average Bonchev–Trinajstić information content (AvgIpc) is 1.65. The SMILES string of the molecule is NC(=O)CC(N)NO. The molecule has 0 fully saturated rings. The van der Waals surface area contributed by atoms with E-state index >= 15 is 0 Å². The third kappa shape index (κ3) is 3.54. The molecule has 0 heterocycles. The van der Waals surface area contributed by atoms with Gasteiger partial charge in [-0.25, -0.2) is 0 Å². The zero-order chi connectivity index (χ0) is 6.57. The van der Waals surface area contributed by atoms with Crippen molar-refractivity contribution in [3.63, 3.8) is 0 Å². The maximum atomic E-state index is 9.96. The third-order valence-electron chi connectivity index (χ3n) is 0.587. The highest BCUT2D eigenvalue weighted by molar-refractivity contribution is 5.74. The number of rotatable bonds is 3. The molecule has 0 radical (unpaired) electrons. The summed E-state index contributed by atoms with van der Waals surface area (Å²) in [6.45, 7) is 0. The molecular formula is C3H9N3O2. The van der Waals surface area contributed by atoms with Gasteiger partial charge in [-0.15, -0.1) is 0 Å². The van der Waals surface area contributed by atoms with Crippen molar-refractivity contribution in [2.75, 3.05) is 0 Å². The number of nitrogens with one attached hydrogen (secondary N) is 1. The Morgan fingerprint density at radius 2 is 2.38 bits per heavy atom. The Bertz CT molecular complexity index is 84.6. The van der Waals surface area contributed by atoms with Crippen LogP contribution in [0.15, 0.2) is 0 Å². The highest BCUT2D eigenvalue weighted by Gasteiger charge is 2.01. The highest BCUT2D eigenvalue weighted by Crippen LogP contribution is 1.76. The average molecular weight is 119 g/mol. The number of hydrogen-bond acceptors (Lipinski definition) is 4. The predicted molar refractivity (Wildman–Crippen MR) is 26.7 cm³/mol. The quantitative estimate of drug-likeness (QED) is 0.258. The maximum absolute atomic E-state index is 9.96. The topological polar surface area (TPSA) is 101 Å². The van der Waals surface area contributed by atoms with Crippen LogP contribution in [0.4, 0.5) is 0 Å². The lowest BCUT2D eigenvalue weighted by Gasteiger charge is -2.03. The van der Waals surface area contributed by atoms with Crippen molar-refractivity contribution < 1.29 is 10.0 Å². The molecule has 0 aliphatic carbocycles. The fourth-order valence-corrected chi connectivity index (χ4v) is 0.262. The van der Waals surface area contributed by atoms with E-state index < -0.39 is 12.1 Å². The second kappa shape index (κ2) is 3.36. The molecule has 0 saturated carbocycles. The summed E-state index contributed by atoms with van der Waals surface area (Å²) < 4.78 is 0. The molecule has 6 N–H and O–H groups in total. The van der Waals surface area contributed by atoms with Gasteiger partial charge >= 0.3 is 0 Å². The van der Waals surface area contributed by atoms with E-state index in [2.05, 4.69) is 0 Å². The van der Waals surface area contributed by atoms with Gasteiger partial charge in [0, 0.05) is 0 Å². The van der Waals surface area contributed by atoms with E-state index in [1.165, 1.54) is 0 Å². The molecule has 0 bridgehead atoms. The zero-order valence-electron chi connectivity index (χ0n) is 4.29. The van der Waals surface area contributed by atoms with E-state index in [-0.39, 0.29) is 6.42 Å². The Labute approximate surface area is 46.6 Å². The predicted octanol–water partition coefficient (Wildman–Crippen LogP) is -1.87. The van der Waals surface area contributed by atoms with E-state index in [4.69, 9.17) is 16.7 Å². The van der Waals surface area contributed by atoms with Crippen molar-refractivity contribution in [3.8, 4) is 0 Å². The van der Waals surface area contributed by atoms with Crippen LogP contribution in [0.5, 0.6) is 0 Å². The molecule has 5 nitrogen and oxygen atoms in total. The van der Waals surface area contributed by atoms with Crippen LogP contribution in [0.2, 0.25) is 0 Å². The summed E-state index contributed by atoms with van der Waals surface area (Å²) in [5, 5.41) is 8.00. The number of hydroxylamine groups is 1. The Morgan fingerprint density at radius 3 is 2.50 bits per heavy atom. The zero-order valence-corrected chi connectivity index (χ0v) is 4.29. The van der Waals surface area contributed by atoms with Crippen molar-refractivity contribution in [2.45, 2.75) is 12.6 Å². The molecule has 0 aliphatic heterocycles. The number of primary amides is 1. The Kier molecular flexibility index (Phi) is 3.09. The van der Waals surface area contributed by atoms with Gasteiger partial charge in [-0.2, -0.15) is 5.48 Å². The summed E-state index contributed by atoms with van der Waals surface area (Å²) in [4.78, 5) is 9.96. The molecule has 0 aromatic rings. The molecule has 1 unspecified atom stereocenters. The number of nitrogens with two attached hydrogens (primary N) is 2. The van der Waals surface area contributed by atoms with E-state index in [0.717, 1.165) is 0 Å². The van der Waals surface area contributed by atoms with Gasteiger partial charge in [0.25, 0.3) is 0 Å². The van der Waals surface area contributed by atoms with Crippen LogP contribution >= 0.6 is 0 Å². The molecule has 0 aliphatic rings. The van der Waals surface area contributed by atoms with Gasteiger partial charge in [0.15, 0.2) is 0 Å². The molecule has 0 saturated heterocycles. The molecule has 0 aromatic carbocycles. The fraction of sp³-hybridized carbons (Fsp3) is 0.667. The standard InChI is InChI=1S/C3H9N3O2/c4-2(6-8)1-3(5)7/h2,6,8H,1,4H2,(H2,5,7). The summed E-state index contributed by atoms with van der Waals surface area (Å²) in [6, 6.07) is 0. The van der Waals surface area contributed by atoms with Crippen molar-refractivity contribution in [2.24, 2.45) is 11.5 Å². The summed E-state index contributed by atoms with van der Waals surface area (Å²) in [5.41, 5.74) is 11.4. The number of amides is 1. The monoisotopic (exact) mass is 119 g/mol. The molecular weight excluding hydrogens is 110 g/mol. The number of carbonyl (C=O) groups excluding carboxylic acids is 1. The van der Waals surface area contributed by atoms with Crippen LogP contribution < -0.4 is 16.9 Å². The third-order valence-corrected chi connectivity index (χ3v) is 0.587. The van der Waals surface area contributed by atoms with Crippen LogP contribution in [-0.4, -0.2) is 17.3 Å². The van der Waals surface area contributed by atoms with Gasteiger partial charge in [-0.05, 0) is 0 Å². The van der Waals surface area contributed by atoms with Crippen LogP contribution in [0.3, 0.4) is 0 Å². The first-order valence-corrected chi connectivity index (χ1v) is 2.10. The number of carbonyl (C=O) groups is 1. The van der Waals surface area contributed by atoms with E-state index in [1.54, 1.807) is 5.48 Å². The van der Waals surface area contributed by atoms with Crippen molar-refractivity contribution in [1.82, 2.24) is 5.48 Å². The Morgan fingerprint density at radius 1 is 1.88 bits per heavy atom. The van der Waals surface area contributed by atoms with Gasteiger partial charge in [0.05, 0.1) is 12.6 Å². The summed E-state index contributed by atoms with van der Waals surface area (Å²) in [6.07, 6.45) is -0.802. The first-order chi connectivity index (χ1) is 3.66. The summed E-state index contributed by atoms with van der Waals surface area (Å²) >= 11 is 0. The molecule has 1 atom stereocenters. The highest BCUT2D eigenvalue weighted by atomic mass is 16.5. The van der Waals surface area contributed by atoms with Gasteiger partial charge in [0.2, 0.25) is 5.91 Å². The van der Waals surface area contributed by atoms with Gasteiger partial charge in [0.1, 0.15) is 0 Å². The van der Waals surface area contributed by atoms with Crippen molar-refractivity contribution >= 4 is 5.91 Å². The summed E-state index contributed by atoms with van der Waals surface area (Å²) in [5.74, 6) is -0.543. The second-order valence-corrected chi connectivity index (χ2v) is 1.41. The molecule has 48 valence electrons. The molecule has 1 amide bonds. The van der Waals surface area contributed by atoms with Crippen LogP contribution in [0.1, 0.15) is 6.42 Å². The minimum Gasteiger partial charge on any atom is -0.370 e. The van der Waals surface area contributed by atoms with Crippen LogP contribution in [-0.2, 0) is 4.79 Å². The Hall–Kier alpha value is -0.650. The lowest BCUT2D eigenvalue weighted by atomic mass is 10.3. The normalized spacial score (nSPS) is 13.2. The van der Waals surface area contributed by atoms with Crippen molar-refractivity contribution in [1.29, 1.82) is 0 Å². The Balaban J connectivity index is 3.24. The lowest BCUT2D eigenvalue weighted by Crippen LogP contribution is -2.38. The van der Waals surface area contributed by atoms with Crippen LogP contribution in [0.25, 0.3) is 0 Å². The van der Waals surface area contributed by atoms with E-state index in [0.29, 0.717) is 0 Å². The molecule has 5 heteroatoms. The summed E-state index contributed by atoms with van der Waals surface area (Å²) in [7, 11) is 0. The van der Waals surface area contributed by atoms with E-state index in [1.807, 2.05) is 0 Å². The molecule has 8 heavy (non-hydrogen) atoms. The largest absolute Gasteiger partial charge is 0.370 e. The van der Waals surface area contributed by atoms with E-state index in [9.17, 15) is 4.79 Å². The van der Waals surface area contributed by atoms with Gasteiger partial charge in [-0.3, -0.25) is 4.79 Å². The fourth-order valence-electron chi connectivity index (χ4n) is 0.262. The second-order valence-electron chi connectivity index (χ2n) is 1.41. The first-order valence-electron chi connectivity index (χ1n) is 2.10. The van der Waals surface area contributed by atoms with Gasteiger partial charge in [-0.1, -0.05) is 0 Å². The van der Waals surface area contributed by atoms with Crippen molar-refractivity contribution in [3.05, 3.63) is 0 Å². The molecule has 0 spiro atoms. The smallest absolute Gasteiger partial charge is 0.220 e. The molecule has 0 aromatic heterocycles. The minimum atomic E-state index is -0.743. The van der Waals surface area contributed by atoms with Gasteiger partial charge < -0.3 is 16.7 Å². The lowest BCUT2D eigenvalue weighted by molar-refractivity contribution is -0.119. The maximum Gasteiger partial charge on any atom is 0.220 e. The first kappa shape index (κ1) is 7.35. The number of hydrogen-bond donors (Lipinski definition) is 4. The minimum absolute atomic E-state index is 0.0590. The van der Waals surface area contributed by atoms with Crippen LogP contribution in [0, 0.1) is 0 Å².